The quantitative estimate of drug-likeness (QED) is 0.569. The maximum atomic E-state index is 12.4. The van der Waals surface area contributed by atoms with Gasteiger partial charge in [-0.2, -0.15) is 0 Å². The van der Waals surface area contributed by atoms with Crippen molar-refractivity contribution < 1.29 is 23.5 Å². The molecule has 0 aliphatic carbocycles. The largest absolute Gasteiger partial charge is 0.484 e. The minimum absolute atomic E-state index is 0.112. The van der Waals surface area contributed by atoms with E-state index in [4.69, 9.17) is 9.15 Å². The fourth-order valence-electron chi connectivity index (χ4n) is 3.45. The average Bonchev–Trinajstić information content (AvgIpc) is 3.47. The van der Waals surface area contributed by atoms with Crippen LogP contribution in [0.2, 0.25) is 0 Å². The van der Waals surface area contributed by atoms with Gasteiger partial charge in [0.1, 0.15) is 11.5 Å². The number of amides is 3. The van der Waals surface area contributed by atoms with Gasteiger partial charge in [0.25, 0.3) is 5.91 Å². The van der Waals surface area contributed by atoms with Crippen molar-refractivity contribution in [1.29, 1.82) is 0 Å². The molecule has 1 fully saturated rings. The standard InChI is InChI=1S/C24H23N3O5/c28-22(26-18-5-2-1-3-6-18)16-32-20-10-8-19(9-11-20)27-15-17(13-23(27)29)24(30)25-14-21-7-4-12-31-21/h1-12,17H,13-16H2,(H,25,30)(H,26,28)/t17-/m1/s1. The van der Waals surface area contributed by atoms with Crippen molar-refractivity contribution in [3.8, 4) is 5.75 Å². The number of nitrogens with one attached hydrogen (secondary N) is 2. The first-order chi connectivity index (χ1) is 15.6. The Labute approximate surface area is 185 Å². The third-order valence-corrected chi connectivity index (χ3v) is 5.09. The molecule has 2 aromatic carbocycles. The summed E-state index contributed by atoms with van der Waals surface area (Å²) in [6.45, 7) is 0.470. The van der Waals surface area contributed by atoms with Crippen LogP contribution in [-0.4, -0.2) is 30.9 Å². The minimum atomic E-state index is -0.421. The fourth-order valence-corrected chi connectivity index (χ4v) is 3.45. The maximum Gasteiger partial charge on any atom is 0.262 e. The van der Waals surface area contributed by atoms with E-state index >= 15 is 0 Å². The molecule has 0 unspecified atom stereocenters. The van der Waals surface area contributed by atoms with E-state index in [9.17, 15) is 14.4 Å². The van der Waals surface area contributed by atoms with Gasteiger partial charge in [0.05, 0.1) is 18.7 Å². The SMILES string of the molecule is O=C(COc1ccc(N2C[C@H](C(=O)NCc3ccco3)CC2=O)cc1)Nc1ccccc1. The average molecular weight is 433 g/mol. The van der Waals surface area contributed by atoms with Crippen LogP contribution in [0.15, 0.2) is 77.4 Å². The molecule has 3 amide bonds. The first-order valence-corrected chi connectivity index (χ1v) is 10.3. The molecule has 1 atom stereocenters. The lowest BCUT2D eigenvalue weighted by Crippen LogP contribution is -2.32. The van der Waals surface area contributed by atoms with Crippen LogP contribution in [0, 0.1) is 5.92 Å². The second kappa shape index (κ2) is 9.82. The molecule has 1 aromatic heterocycles. The molecule has 1 aliphatic rings. The number of para-hydroxylation sites is 1. The summed E-state index contributed by atoms with van der Waals surface area (Å²) in [4.78, 5) is 38.4. The van der Waals surface area contributed by atoms with Crippen molar-refractivity contribution >= 4 is 29.1 Å². The molecule has 164 valence electrons. The summed E-state index contributed by atoms with van der Waals surface area (Å²) >= 11 is 0. The molecular formula is C24H23N3O5. The van der Waals surface area contributed by atoms with E-state index in [2.05, 4.69) is 10.6 Å². The van der Waals surface area contributed by atoms with Crippen LogP contribution in [0.3, 0.4) is 0 Å². The summed E-state index contributed by atoms with van der Waals surface area (Å²) in [5.74, 6) is 0.193. The summed E-state index contributed by atoms with van der Waals surface area (Å²) in [6.07, 6.45) is 1.70. The monoisotopic (exact) mass is 433 g/mol. The van der Waals surface area contributed by atoms with Crippen LogP contribution < -0.4 is 20.3 Å². The van der Waals surface area contributed by atoms with E-state index in [1.54, 1.807) is 59.7 Å². The predicted octanol–water partition coefficient (Wildman–Crippen LogP) is 2.97. The number of anilines is 2. The second-order valence-electron chi connectivity index (χ2n) is 7.40. The number of nitrogens with zero attached hydrogens (tertiary/aromatic N) is 1. The first-order valence-electron chi connectivity index (χ1n) is 10.3. The molecule has 0 radical (unpaired) electrons. The Hall–Kier alpha value is -4.07. The summed E-state index contributed by atoms with van der Waals surface area (Å²) in [6, 6.07) is 19.5. The van der Waals surface area contributed by atoms with Crippen molar-refractivity contribution in [3.05, 3.63) is 78.8 Å². The van der Waals surface area contributed by atoms with E-state index in [1.807, 2.05) is 18.2 Å². The van der Waals surface area contributed by atoms with Crippen LogP contribution in [0.5, 0.6) is 5.75 Å². The smallest absolute Gasteiger partial charge is 0.262 e. The highest BCUT2D eigenvalue weighted by molar-refractivity contribution is 6.00. The topological polar surface area (TPSA) is 101 Å². The van der Waals surface area contributed by atoms with E-state index in [1.165, 1.54) is 0 Å². The molecule has 4 rings (SSSR count). The van der Waals surface area contributed by atoms with Gasteiger partial charge >= 0.3 is 0 Å². The van der Waals surface area contributed by atoms with E-state index < -0.39 is 5.92 Å². The van der Waals surface area contributed by atoms with Gasteiger partial charge in [-0.1, -0.05) is 18.2 Å². The van der Waals surface area contributed by atoms with E-state index in [0.29, 0.717) is 36.0 Å². The van der Waals surface area contributed by atoms with Gasteiger partial charge in [-0.25, -0.2) is 0 Å². The highest BCUT2D eigenvalue weighted by Crippen LogP contribution is 2.27. The van der Waals surface area contributed by atoms with Crippen LogP contribution in [0.1, 0.15) is 12.2 Å². The Balaban J connectivity index is 1.27. The number of carbonyl (C=O) groups excluding carboxylic acids is 3. The Morgan fingerprint density at radius 3 is 2.53 bits per heavy atom. The Morgan fingerprint density at radius 2 is 1.81 bits per heavy atom. The number of ether oxygens (including phenoxy) is 1. The van der Waals surface area contributed by atoms with Gasteiger partial charge in [-0.05, 0) is 48.5 Å². The van der Waals surface area contributed by atoms with E-state index in [0.717, 1.165) is 0 Å². The lowest BCUT2D eigenvalue weighted by Gasteiger charge is -2.17. The van der Waals surface area contributed by atoms with Gasteiger partial charge in [0.2, 0.25) is 11.8 Å². The van der Waals surface area contributed by atoms with Crippen molar-refractivity contribution in [1.82, 2.24) is 5.32 Å². The van der Waals surface area contributed by atoms with Crippen LogP contribution >= 0.6 is 0 Å². The summed E-state index contributed by atoms with van der Waals surface area (Å²) in [7, 11) is 0. The van der Waals surface area contributed by atoms with Crippen molar-refractivity contribution in [3.63, 3.8) is 0 Å². The Bertz CT molecular complexity index is 1060. The third-order valence-electron chi connectivity index (χ3n) is 5.09. The third kappa shape index (κ3) is 5.34. The van der Waals surface area contributed by atoms with Crippen molar-refractivity contribution in [2.24, 2.45) is 5.92 Å². The molecule has 0 bridgehead atoms. The highest BCUT2D eigenvalue weighted by Gasteiger charge is 2.35. The highest BCUT2D eigenvalue weighted by atomic mass is 16.5. The zero-order valence-electron chi connectivity index (χ0n) is 17.3. The molecule has 3 aromatic rings. The summed E-state index contributed by atoms with van der Waals surface area (Å²) in [5.41, 5.74) is 1.38. The molecular weight excluding hydrogens is 410 g/mol. The summed E-state index contributed by atoms with van der Waals surface area (Å²) < 4.78 is 10.7. The molecule has 0 spiro atoms. The fraction of sp³-hybridized carbons (Fsp3) is 0.208. The lowest BCUT2D eigenvalue weighted by molar-refractivity contribution is -0.126. The second-order valence-corrected chi connectivity index (χ2v) is 7.40. The zero-order chi connectivity index (χ0) is 22.3. The lowest BCUT2D eigenvalue weighted by atomic mass is 10.1. The van der Waals surface area contributed by atoms with Crippen LogP contribution in [0.25, 0.3) is 0 Å². The van der Waals surface area contributed by atoms with Gasteiger partial charge in [0, 0.05) is 24.3 Å². The molecule has 1 saturated heterocycles. The molecule has 8 nitrogen and oxygen atoms in total. The molecule has 8 heteroatoms. The zero-order valence-corrected chi connectivity index (χ0v) is 17.3. The van der Waals surface area contributed by atoms with Crippen LogP contribution in [0.4, 0.5) is 11.4 Å². The van der Waals surface area contributed by atoms with Gasteiger partial charge in [-0.3, -0.25) is 14.4 Å². The molecule has 2 heterocycles. The Kier molecular flexibility index (Phi) is 6.50. The molecule has 32 heavy (non-hydrogen) atoms. The summed E-state index contributed by atoms with van der Waals surface area (Å²) in [5, 5.41) is 5.55. The van der Waals surface area contributed by atoms with Gasteiger partial charge in [0.15, 0.2) is 6.61 Å². The minimum Gasteiger partial charge on any atom is -0.484 e. The number of hydrogen-bond donors (Lipinski definition) is 2. The number of hydrogen-bond acceptors (Lipinski definition) is 5. The normalized spacial score (nSPS) is 15.4. The molecule has 1 aliphatic heterocycles. The first kappa shape index (κ1) is 21.2. The van der Waals surface area contributed by atoms with Crippen molar-refractivity contribution in [2.45, 2.75) is 13.0 Å². The number of benzene rings is 2. The maximum absolute atomic E-state index is 12.4. The van der Waals surface area contributed by atoms with Crippen molar-refractivity contribution in [2.75, 3.05) is 23.4 Å². The van der Waals surface area contributed by atoms with E-state index in [-0.39, 0.29) is 30.7 Å². The number of furan rings is 1. The van der Waals surface area contributed by atoms with Crippen LogP contribution in [-0.2, 0) is 20.9 Å². The van der Waals surface area contributed by atoms with Gasteiger partial charge < -0.3 is 24.7 Å². The Morgan fingerprint density at radius 1 is 1.03 bits per heavy atom. The molecule has 0 saturated carbocycles. The van der Waals surface area contributed by atoms with Gasteiger partial charge in [-0.15, -0.1) is 0 Å². The molecule has 2 N–H and O–H groups in total. The predicted molar refractivity (Wildman–Crippen MR) is 118 cm³/mol. The number of carbonyl (C=O) groups is 3. The number of rotatable bonds is 8.